The van der Waals surface area contributed by atoms with Crippen LogP contribution in [-0.2, 0) is 4.79 Å². The number of para-hydroxylation sites is 1. The van der Waals surface area contributed by atoms with Crippen molar-refractivity contribution in [2.45, 2.75) is 44.9 Å². The van der Waals surface area contributed by atoms with E-state index in [0.29, 0.717) is 0 Å². The molecule has 0 heterocycles. The molecular formula is C16H20FNO3. The highest BCUT2D eigenvalue weighted by Gasteiger charge is 2.23. The van der Waals surface area contributed by atoms with Crippen molar-refractivity contribution in [2.24, 2.45) is 5.92 Å². The molecule has 0 aromatic heterocycles. The van der Waals surface area contributed by atoms with Crippen molar-refractivity contribution in [3.63, 3.8) is 0 Å². The predicted molar refractivity (Wildman–Crippen MR) is 77.8 cm³/mol. The Morgan fingerprint density at radius 3 is 2.33 bits per heavy atom. The quantitative estimate of drug-likeness (QED) is 0.890. The highest BCUT2D eigenvalue weighted by molar-refractivity contribution is 6.01. The van der Waals surface area contributed by atoms with Gasteiger partial charge in [-0.25, -0.2) is 9.18 Å². The SMILES string of the molecule is O=C(O)c1cccc(F)c1NC(=O)C1CCCCCCC1. The van der Waals surface area contributed by atoms with Crippen molar-refractivity contribution in [1.29, 1.82) is 0 Å². The number of carbonyl (C=O) groups excluding carboxylic acids is 1. The maximum atomic E-state index is 13.8. The fourth-order valence-electron chi connectivity index (χ4n) is 2.77. The summed E-state index contributed by atoms with van der Waals surface area (Å²) in [5, 5.41) is 11.6. The molecule has 0 saturated heterocycles. The summed E-state index contributed by atoms with van der Waals surface area (Å²) in [6.45, 7) is 0. The van der Waals surface area contributed by atoms with Gasteiger partial charge in [0.25, 0.3) is 0 Å². The van der Waals surface area contributed by atoms with Gasteiger partial charge >= 0.3 is 5.97 Å². The molecule has 0 bridgehead atoms. The second-order valence-corrected chi connectivity index (χ2v) is 5.50. The highest BCUT2D eigenvalue weighted by atomic mass is 19.1. The lowest BCUT2D eigenvalue weighted by atomic mass is 9.90. The Morgan fingerprint density at radius 1 is 1.10 bits per heavy atom. The molecule has 0 aliphatic heterocycles. The summed E-state index contributed by atoms with van der Waals surface area (Å²) in [6, 6.07) is 3.77. The van der Waals surface area contributed by atoms with Crippen LogP contribution in [0, 0.1) is 11.7 Å². The fraction of sp³-hybridized carbons (Fsp3) is 0.500. The Kier molecular flexibility index (Phi) is 5.31. The maximum absolute atomic E-state index is 13.8. The van der Waals surface area contributed by atoms with Gasteiger partial charge in [0.1, 0.15) is 5.82 Å². The van der Waals surface area contributed by atoms with Crippen LogP contribution in [-0.4, -0.2) is 17.0 Å². The molecule has 21 heavy (non-hydrogen) atoms. The highest BCUT2D eigenvalue weighted by Crippen LogP contribution is 2.26. The van der Waals surface area contributed by atoms with Crippen LogP contribution in [0.5, 0.6) is 0 Å². The molecule has 1 amide bonds. The minimum Gasteiger partial charge on any atom is -0.478 e. The number of rotatable bonds is 3. The van der Waals surface area contributed by atoms with Gasteiger partial charge in [-0.3, -0.25) is 4.79 Å². The second-order valence-electron chi connectivity index (χ2n) is 5.50. The third-order valence-corrected chi connectivity index (χ3v) is 3.97. The summed E-state index contributed by atoms with van der Waals surface area (Å²) in [6.07, 6.45) is 6.96. The fourth-order valence-corrected chi connectivity index (χ4v) is 2.77. The van der Waals surface area contributed by atoms with Gasteiger partial charge < -0.3 is 10.4 Å². The van der Waals surface area contributed by atoms with Gasteiger partial charge in [0.2, 0.25) is 5.91 Å². The van der Waals surface area contributed by atoms with E-state index < -0.39 is 11.8 Å². The topological polar surface area (TPSA) is 66.4 Å². The van der Waals surface area contributed by atoms with Crippen molar-refractivity contribution in [3.05, 3.63) is 29.6 Å². The lowest BCUT2D eigenvalue weighted by Crippen LogP contribution is -2.25. The standard InChI is InChI=1S/C16H20FNO3/c17-13-10-6-9-12(16(20)21)14(13)18-15(19)11-7-4-2-1-3-5-8-11/h6,9-11H,1-5,7-8H2,(H,18,19)(H,20,21). The van der Waals surface area contributed by atoms with E-state index in [0.717, 1.165) is 44.6 Å². The molecule has 1 aliphatic carbocycles. The number of halogens is 1. The molecule has 2 N–H and O–H groups in total. The molecule has 0 atom stereocenters. The monoisotopic (exact) mass is 293 g/mol. The molecule has 0 unspecified atom stereocenters. The van der Waals surface area contributed by atoms with Gasteiger partial charge in [0.05, 0.1) is 11.3 Å². The Balaban J connectivity index is 2.13. The molecule has 2 rings (SSSR count). The minimum atomic E-state index is -1.25. The van der Waals surface area contributed by atoms with Gasteiger partial charge in [0, 0.05) is 5.92 Å². The number of hydrogen-bond acceptors (Lipinski definition) is 2. The Morgan fingerprint density at radius 2 is 1.71 bits per heavy atom. The largest absolute Gasteiger partial charge is 0.478 e. The van der Waals surface area contributed by atoms with Crippen molar-refractivity contribution < 1.29 is 19.1 Å². The number of carboxylic acids is 1. The number of hydrogen-bond donors (Lipinski definition) is 2. The Labute approximate surface area is 123 Å². The Hall–Kier alpha value is -1.91. The zero-order chi connectivity index (χ0) is 15.2. The average Bonchev–Trinajstić information content (AvgIpc) is 2.40. The second kappa shape index (κ2) is 7.20. The molecule has 1 aromatic rings. The van der Waals surface area contributed by atoms with E-state index in [2.05, 4.69) is 5.32 Å². The van der Waals surface area contributed by atoms with Gasteiger partial charge in [-0.2, -0.15) is 0 Å². The van der Waals surface area contributed by atoms with E-state index in [9.17, 15) is 14.0 Å². The molecule has 1 fully saturated rings. The van der Waals surface area contributed by atoms with E-state index in [-0.39, 0.29) is 23.1 Å². The van der Waals surface area contributed by atoms with E-state index in [1.807, 2.05) is 0 Å². The number of carbonyl (C=O) groups is 2. The number of aromatic carboxylic acids is 1. The number of nitrogens with one attached hydrogen (secondary N) is 1. The van der Waals surface area contributed by atoms with Crippen molar-refractivity contribution in [1.82, 2.24) is 0 Å². The van der Waals surface area contributed by atoms with Crippen LogP contribution in [0.4, 0.5) is 10.1 Å². The summed E-state index contributed by atoms with van der Waals surface area (Å²) < 4.78 is 13.8. The van der Waals surface area contributed by atoms with Crippen LogP contribution in [0.2, 0.25) is 0 Å². The molecule has 1 aromatic carbocycles. The van der Waals surface area contributed by atoms with Crippen molar-refractivity contribution in [2.75, 3.05) is 5.32 Å². The first-order valence-corrected chi connectivity index (χ1v) is 7.42. The van der Waals surface area contributed by atoms with Crippen molar-refractivity contribution in [3.8, 4) is 0 Å². The van der Waals surface area contributed by atoms with Crippen molar-refractivity contribution >= 4 is 17.6 Å². The summed E-state index contributed by atoms with van der Waals surface area (Å²) in [7, 11) is 0. The first-order valence-electron chi connectivity index (χ1n) is 7.42. The van der Waals surface area contributed by atoms with E-state index in [1.54, 1.807) is 0 Å². The molecular weight excluding hydrogens is 273 g/mol. The number of anilines is 1. The maximum Gasteiger partial charge on any atom is 0.337 e. The molecule has 4 nitrogen and oxygen atoms in total. The third kappa shape index (κ3) is 4.03. The number of carboxylic acid groups (broad SMARTS) is 1. The van der Waals surface area contributed by atoms with E-state index in [4.69, 9.17) is 5.11 Å². The van der Waals surface area contributed by atoms with Crippen LogP contribution in [0.15, 0.2) is 18.2 Å². The van der Waals surface area contributed by atoms with Gasteiger partial charge in [-0.15, -0.1) is 0 Å². The normalized spacial score (nSPS) is 16.8. The summed E-state index contributed by atoms with van der Waals surface area (Å²) >= 11 is 0. The molecule has 1 saturated carbocycles. The lowest BCUT2D eigenvalue weighted by molar-refractivity contribution is -0.120. The van der Waals surface area contributed by atoms with Crippen LogP contribution in [0.3, 0.4) is 0 Å². The van der Waals surface area contributed by atoms with Crippen LogP contribution in [0.1, 0.15) is 55.3 Å². The summed E-state index contributed by atoms with van der Waals surface area (Å²) in [5.74, 6) is -2.40. The molecule has 1 aliphatic rings. The first kappa shape index (κ1) is 15.5. The lowest BCUT2D eigenvalue weighted by Gasteiger charge is -2.19. The van der Waals surface area contributed by atoms with Gasteiger partial charge in [0.15, 0.2) is 0 Å². The van der Waals surface area contributed by atoms with Crippen LogP contribution >= 0.6 is 0 Å². The molecule has 0 radical (unpaired) electrons. The zero-order valence-corrected chi connectivity index (χ0v) is 11.9. The Bertz CT molecular complexity index is 522. The van der Waals surface area contributed by atoms with Gasteiger partial charge in [-0.05, 0) is 25.0 Å². The minimum absolute atomic E-state index is 0.161. The predicted octanol–water partition coefficient (Wildman–Crippen LogP) is 3.82. The summed E-state index contributed by atoms with van der Waals surface area (Å²) in [5.41, 5.74) is -0.439. The average molecular weight is 293 g/mol. The number of benzene rings is 1. The molecule has 0 spiro atoms. The molecule has 5 heteroatoms. The van der Waals surface area contributed by atoms with Crippen LogP contribution < -0.4 is 5.32 Å². The molecule has 114 valence electrons. The van der Waals surface area contributed by atoms with E-state index in [1.165, 1.54) is 18.6 Å². The zero-order valence-electron chi connectivity index (χ0n) is 11.9. The van der Waals surface area contributed by atoms with Gasteiger partial charge in [-0.1, -0.05) is 38.2 Å². The number of amides is 1. The van der Waals surface area contributed by atoms with E-state index >= 15 is 0 Å². The van der Waals surface area contributed by atoms with Crippen LogP contribution in [0.25, 0.3) is 0 Å². The smallest absolute Gasteiger partial charge is 0.337 e. The summed E-state index contributed by atoms with van der Waals surface area (Å²) in [4.78, 5) is 23.4. The third-order valence-electron chi connectivity index (χ3n) is 3.97. The first-order chi connectivity index (χ1) is 10.1.